The zero-order valence-corrected chi connectivity index (χ0v) is 14.5. The van der Waals surface area contributed by atoms with Gasteiger partial charge in [0.05, 0.1) is 66.1 Å². The average molecular weight is 350 g/mol. The molecule has 2 aliphatic carbocycles. The van der Waals surface area contributed by atoms with E-state index in [1.165, 1.54) is 19.3 Å². The van der Waals surface area contributed by atoms with Crippen LogP contribution in [-0.4, -0.2) is 86.5 Å². The minimum atomic E-state index is -0.125. The van der Waals surface area contributed by atoms with Crippen molar-refractivity contribution in [1.29, 1.82) is 0 Å². The molecular weight excluding hydrogens is 316 g/mol. The number of hydrogen-bond donors (Lipinski definition) is 4. The third kappa shape index (κ3) is 15.0. The smallest absolute Gasteiger partial charge is 0.0701 e. The van der Waals surface area contributed by atoms with E-state index in [-0.39, 0.29) is 26.4 Å². The maximum absolute atomic E-state index is 8.36. The van der Waals surface area contributed by atoms with E-state index >= 15 is 0 Å². The van der Waals surface area contributed by atoms with Crippen LogP contribution in [0.5, 0.6) is 0 Å². The molecule has 0 aliphatic heterocycles. The Morgan fingerprint density at radius 2 is 0.958 bits per heavy atom. The predicted molar refractivity (Wildman–Crippen MR) is 90.8 cm³/mol. The van der Waals surface area contributed by atoms with E-state index in [0.717, 1.165) is 11.8 Å². The molecule has 0 heterocycles. The summed E-state index contributed by atoms with van der Waals surface area (Å²) in [4.78, 5) is 0. The largest absolute Gasteiger partial charge is 0.394 e. The molecule has 7 nitrogen and oxygen atoms in total. The van der Waals surface area contributed by atoms with Gasteiger partial charge in [-0.3, -0.25) is 0 Å². The molecule has 2 atom stereocenters. The van der Waals surface area contributed by atoms with Crippen LogP contribution in [0.1, 0.15) is 19.3 Å². The van der Waals surface area contributed by atoms with Crippen molar-refractivity contribution >= 4 is 0 Å². The molecule has 0 radical (unpaired) electrons. The van der Waals surface area contributed by atoms with Crippen molar-refractivity contribution < 1.29 is 34.6 Å². The molecule has 1 fully saturated rings. The van der Waals surface area contributed by atoms with Crippen LogP contribution in [0.4, 0.5) is 0 Å². The van der Waals surface area contributed by atoms with Crippen LogP contribution in [0.2, 0.25) is 0 Å². The number of aliphatic hydroxyl groups is 4. The lowest BCUT2D eigenvalue weighted by molar-refractivity contribution is 0.00230. The highest BCUT2D eigenvalue weighted by Crippen LogP contribution is 2.38. The van der Waals surface area contributed by atoms with Gasteiger partial charge >= 0.3 is 0 Å². The average Bonchev–Trinajstić information content (AvgIpc) is 3.27. The van der Waals surface area contributed by atoms with Crippen LogP contribution in [0, 0.1) is 11.8 Å². The molecule has 2 aliphatic rings. The molecule has 1 saturated carbocycles. The fourth-order valence-electron chi connectivity index (χ4n) is 2.39. The highest BCUT2D eigenvalue weighted by atomic mass is 16.5. The van der Waals surface area contributed by atoms with Crippen LogP contribution < -0.4 is 0 Å². The van der Waals surface area contributed by atoms with Gasteiger partial charge in [0.1, 0.15) is 0 Å². The molecule has 0 aromatic carbocycles. The maximum Gasteiger partial charge on any atom is 0.0701 e. The molecule has 2 unspecified atom stereocenters. The Hall–Kier alpha value is -0.540. The van der Waals surface area contributed by atoms with Gasteiger partial charge in [0.25, 0.3) is 0 Å². The minimum Gasteiger partial charge on any atom is -0.394 e. The van der Waals surface area contributed by atoms with Crippen LogP contribution in [-0.2, 0) is 14.2 Å². The van der Waals surface area contributed by atoms with Crippen molar-refractivity contribution in [2.75, 3.05) is 66.1 Å². The summed E-state index contributed by atoms with van der Waals surface area (Å²) in [6.45, 7) is 2.51. The SMILES string of the molecule is C1=CC2CCC1C2.OCCO.OCCOCCOCCOCCO. The minimum absolute atomic E-state index is 0.0413. The first-order valence-electron chi connectivity index (χ1n) is 8.63. The Morgan fingerprint density at radius 3 is 1.17 bits per heavy atom. The fourth-order valence-corrected chi connectivity index (χ4v) is 2.39. The monoisotopic (exact) mass is 350 g/mol. The second-order valence-electron chi connectivity index (χ2n) is 5.45. The van der Waals surface area contributed by atoms with E-state index in [4.69, 9.17) is 34.6 Å². The van der Waals surface area contributed by atoms with Crippen molar-refractivity contribution in [3.8, 4) is 0 Å². The predicted octanol–water partition coefficient (Wildman–Crippen LogP) is -0.0357. The molecule has 0 saturated heterocycles. The van der Waals surface area contributed by atoms with Crippen LogP contribution in [0.25, 0.3) is 0 Å². The Morgan fingerprint density at radius 1 is 0.583 bits per heavy atom. The summed E-state index contributed by atoms with van der Waals surface area (Å²) < 4.78 is 15.0. The number of rotatable bonds is 11. The molecule has 0 spiro atoms. The van der Waals surface area contributed by atoms with Gasteiger partial charge in [0, 0.05) is 0 Å². The third-order valence-electron chi connectivity index (χ3n) is 3.48. The summed E-state index contributed by atoms with van der Waals surface area (Å²) in [6.07, 6.45) is 9.19. The molecule has 2 rings (SSSR count). The standard InChI is InChI=1S/C8H18O5.C7H10.C2H6O2/c9-1-3-11-5-7-13-8-6-12-4-2-10;1-2-7-4-3-6(1)5-7;3-1-2-4/h9-10H,1-8H2;1-2,6-7H,3-5H2;3-4H,1-2H2. The Bertz CT molecular complexity index is 250. The zero-order chi connectivity index (χ0) is 17.9. The lowest BCUT2D eigenvalue weighted by Crippen LogP contribution is -2.11. The lowest BCUT2D eigenvalue weighted by Gasteiger charge is -2.04. The van der Waals surface area contributed by atoms with Gasteiger partial charge in [-0.15, -0.1) is 0 Å². The van der Waals surface area contributed by atoms with E-state index in [2.05, 4.69) is 12.2 Å². The van der Waals surface area contributed by atoms with Crippen molar-refractivity contribution in [3.63, 3.8) is 0 Å². The summed E-state index contributed by atoms with van der Waals surface area (Å²) in [5, 5.41) is 32.0. The molecule has 144 valence electrons. The van der Waals surface area contributed by atoms with Gasteiger partial charge in [0.15, 0.2) is 0 Å². The van der Waals surface area contributed by atoms with Crippen molar-refractivity contribution in [2.45, 2.75) is 19.3 Å². The van der Waals surface area contributed by atoms with E-state index in [1.807, 2.05) is 0 Å². The lowest BCUT2D eigenvalue weighted by atomic mass is 10.1. The molecule has 0 aromatic heterocycles. The van der Waals surface area contributed by atoms with Gasteiger partial charge in [-0.2, -0.15) is 0 Å². The van der Waals surface area contributed by atoms with Crippen molar-refractivity contribution in [3.05, 3.63) is 12.2 Å². The second-order valence-corrected chi connectivity index (χ2v) is 5.45. The number of ether oxygens (including phenoxy) is 3. The molecule has 0 aromatic rings. The summed E-state index contributed by atoms with van der Waals surface area (Å²) in [5.74, 6) is 1.98. The number of allylic oxidation sites excluding steroid dienone is 2. The van der Waals surface area contributed by atoms with Crippen LogP contribution in [0.15, 0.2) is 12.2 Å². The molecule has 7 heteroatoms. The summed E-state index contributed by atoms with van der Waals surface area (Å²) >= 11 is 0. The Kier molecular flexibility index (Phi) is 18.4. The van der Waals surface area contributed by atoms with E-state index < -0.39 is 0 Å². The highest BCUT2D eigenvalue weighted by molar-refractivity contribution is 5.06. The van der Waals surface area contributed by atoms with E-state index in [1.54, 1.807) is 0 Å². The van der Waals surface area contributed by atoms with Crippen molar-refractivity contribution in [1.82, 2.24) is 0 Å². The summed E-state index contributed by atoms with van der Waals surface area (Å²) in [7, 11) is 0. The van der Waals surface area contributed by atoms with Gasteiger partial charge in [-0.1, -0.05) is 12.2 Å². The second kappa shape index (κ2) is 18.8. The Labute approximate surface area is 144 Å². The quantitative estimate of drug-likeness (QED) is 0.306. The first-order chi connectivity index (χ1) is 11.8. The number of fused-ring (bicyclic) bond motifs is 2. The maximum atomic E-state index is 8.36. The van der Waals surface area contributed by atoms with Gasteiger partial charge < -0.3 is 34.6 Å². The molecule has 0 amide bonds. The molecule has 24 heavy (non-hydrogen) atoms. The fraction of sp³-hybridized carbons (Fsp3) is 0.882. The zero-order valence-electron chi connectivity index (χ0n) is 14.5. The number of hydrogen-bond acceptors (Lipinski definition) is 7. The summed E-state index contributed by atoms with van der Waals surface area (Å²) in [6, 6.07) is 0. The summed E-state index contributed by atoms with van der Waals surface area (Å²) in [5.41, 5.74) is 0. The molecular formula is C17H34O7. The van der Waals surface area contributed by atoms with Crippen molar-refractivity contribution in [2.24, 2.45) is 11.8 Å². The van der Waals surface area contributed by atoms with E-state index in [9.17, 15) is 0 Å². The van der Waals surface area contributed by atoms with Crippen LogP contribution in [0.3, 0.4) is 0 Å². The molecule has 4 N–H and O–H groups in total. The van der Waals surface area contributed by atoms with Gasteiger partial charge in [-0.05, 0) is 31.1 Å². The first kappa shape index (κ1) is 23.5. The highest BCUT2D eigenvalue weighted by Gasteiger charge is 2.25. The van der Waals surface area contributed by atoms with Gasteiger partial charge in [0.2, 0.25) is 0 Å². The number of aliphatic hydroxyl groups excluding tert-OH is 4. The Balaban J connectivity index is 0.000000394. The normalized spacial score (nSPS) is 20.3. The van der Waals surface area contributed by atoms with E-state index in [0.29, 0.717) is 39.6 Å². The van der Waals surface area contributed by atoms with Crippen LogP contribution >= 0.6 is 0 Å². The molecule has 2 bridgehead atoms. The van der Waals surface area contributed by atoms with Gasteiger partial charge in [-0.25, -0.2) is 0 Å². The topological polar surface area (TPSA) is 109 Å². The first-order valence-corrected chi connectivity index (χ1v) is 8.63. The third-order valence-corrected chi connectivity index (χ3v) is 3.48.